The predicted octanol–water partition coefficient (Wildman–Crippen LogP) is 3.60. The number of hydrogen-bond donors (Lipinski definition) is 1. The number of nitrogens with one attached hydrogen (secondary N) is 1. The Labute approximate surface area is 184 Å². The first-order valence-electron chi connectivity index (χ1n) is 11.4. The fraction of sp³-hybridized carbons (Fsp3) is 0.652. The molecule has 1 aromatic carbocycles. The predicted molar refractivity (Wildman–Crippen MR) is 120 cm³/mol. The lowest BCUT2D eigenvalue weighted by Gasteiger charge is -2.34. The third kappa shape index (κ3) is 5.54. The Bertz CT molecular complexity index is 812. The highest BCUT2D eigenvalue weighted by molar-refractivity contribution is 6.00. The van der Waals surface area contributed by atoms with Crippen LogP contribution in [0, 0.1) is 22.0 Å². The molecule has 8 nitrogen and oxygen atoms in total. The quantitative estimate of drug-likeness (QED) is 0.550. The van der Waals surface area contributed by atoms with E-state index in [2.05, 4.69) is 24.1 Å². The minimum Gasteiger partial charge on any atom is -0.371 e. The Morgan fingerprint density at radius 1 is 1.06 bits per heavy atom. The summed E-state index contributed by atoms with van der Waals surface area (Å²) >= 11 is 0. The van der Waals surface area contributed by atoms with E-state index < -0.39 is 4.92 Å². The van der Waals surface area contributed by atoms with E-state index in [1.807, 2.05) is 6.92 Å². The molecule has 0 aromatic heterocycles. The summed E-state index contributed by atoms with van der Waals surface area (Å²) in [5, 5.41) is 14.4. The van der Waals surface area contributed by atoms with Crippen LogP contribution >= 0.6 is 0 Å². The van der Waals surface area contributed by atoms with Crippen molar-refractivity contribution in [1.29, 1.82) is 0 Å². The first-order valence-corrected chi connectivity index (χ1v) is 11.4. The van der Waals surface area contributed by atoms with Crippen LogP contribution in [-0.4, -0.2) is 53.9 Å². The second kappa shape index (κ2) is 10.1. The smallest absolute Gasteiger partial charge is 0.270 e. The van der Waals surface area contributed by atoms with Gasteiger partial charge in [0.05, 0.1) is 16.2 Å². The highest BCUT2D eigenvalue weighted by Crippen LogP contribution is 2.30. The van der Waals surface area contributed by atoms with Gasteiger partial charge in [-0.2, -0.15) is 0 Å². The van der Waals surface area contributed by atoms with Crippen LogP contribution in [0.1, 0.15) is 63.2 Å². The molecule has 1 aromatic rings. The minimum atomic E-state index is -0.455. The minimum absolute atomic E-state index is 0.0534. The van der Waals surface area contributed by atoms with E-state index in [0.29, 0.717) is 37.4 Å². The van der Waals surface area contributed by atoms with Gasteiger partial charge in [-0.3, -0.25) is 19.7 Å². The molecule has 0 aliphatic carbocycles. The number of likely N-dealkylation sites (tertiary alicyclic amines) is 1. The molecule has 2 aliphatic heterocycles. The van der Waals surface area contributed by atoms with Crippen LogP contribution in [0.5, 0.6) is 0 Å². The molecule has 2 heterocycles. The number of benzene rings is 1. The number of rotatable bonds is 6. The van der Waals surface area contributed by atoms with Crippen LogP contribution in [-0.2, 0) is 4.79 Å². The van der Waals surface area contributed by atoms with Gasteiger partial charge in [-0.25, -0.2) is 0 Å². The van der Waals surface area contributed by atoms with E-state index in [4.69, 9.17) is 0 Å². The first kappa shape index (κ1) is 23.0. The van der Waals surface area contributed by atoms with Gasteiger partial charge in [0.1, 0.15) is 0 Å². The zero-order valence-electron chi connectivity index (χ0n) is 18.8. The second-order valence-electron chi connectivity index (χ2n) is 9.11. The molecule has 2 fully saturated rings. The summed E-state index contributed by atoms with van der Waals surface area (Å²) in [6.07, 6.45) is 4.49. The summed E-state index contributed by atoms with van der Waals surface area (Å²) < 4.78 is 0. The molecular weight excluding hydrogens is 396 g/mol. The first-order chi connectivity index (χ1) is 14.8. The number of nitrogens with zero attached hydrogens (tertiary/aromatic N) is 3. The number of nitro groups is 1. The maximum Gasteiger partial charge on any atom is 0.270 e. The number of non-ortho nitro benzene ring substituents is 1. The number of amides is 2. The van der Waals surface area contributed by atoms with Crippen LogP contribution in [0.15, 0.2) is 18.2 Å². The molecule has 31 heavy (non-hydrogen) atoms. The molecule has 1 atom stereocenters. The molecule has 1 N–H and O–H groups in total. The third-order valence-electron chi connectivity index (χ3n) is 6.64. The zero-order chi connectivity index (χ0) is 22.5. The molecule has 0 radical (unpaired) electrons. The summed E-state index contributed by atoms with van der Waals surface area (Å²) in [6.45, 7) is 8.83. The Balaban J connectivity index is 1.71. The molecule has 0 spiro atoms. The van der Waals surface area contributed by atoms with E-state index in [-0.39, 0.29) is 29.5 Å². The maximum absolute atomic E-state index is 13.4. The van der Waals surface area contributed by atoms with Gasteiger partial charge < -0.3 is 15.1 Å². The average Bonchev–Trinajstić information content (AvgIpc) is 2.78. The van der Waals surface area contributed by atoms with Crippen LogP contribution in [0.4, 0.5) is 11.4 Å². The second-order valence-corrected chi connectivity index (χ2v) is 9.11. The number of carbonyl (C=O) groups is 2. The lowest BCUT2D eigenvalue weighted by atomic mass is 9.94. The summed E-state index contributed by atoms with van der Waals surface area (Å²) in [5.74, 6) is 0.140. The van der Waals surface area contributed by atoms with Crippen LogP contribution < -0.4 is 10.2 Å². The van der Waals surface area contributed by atoms with Gasteiger partial charge in [-0.15, -0.1) is 0 Å². The van der Waals surface area contributed by atoms with Crippen molar-refractivity contribution in [2.24, 2.45) is 11.8 Å². The molecule has 2 amide bonds. The van der Waals surface area contributed by atoms with Gasteiger partial charge in [-0.1, -0.05) is 13.8 Å². The largest absolute Gasteiger partial charge is 0.371 e. The van der Waals surface area contributed by atoms with Crippen molar-refractivity contribution < 1.29 is 14.5 Å². The molecule has 3 rings (SSSR count). The summed E-state index contributed by atoms with van der Waals surface area (Å²) in [5.41, 5.74) is 1.11. The van der Waals surface area contributed by atoms with E-state index in [0.717, 1.165) is 38.0 Å². The summed E-state index contributed by atoms with van der Waals surface area (Å²) in [7, 11) is 0. The lowest BCUT2D eigenvalue weighted by molar-refractivity contribution is -0.384. The van der Waals surface area contributed by atoms with Gasteiger partial charge in [0.25, 0.3) is 11.6 Å². The summed E-state index contributed by atoms with van der Waals surface area (Å²) in [4.78, 5) is 40.7. The lowest BCUT2D eigenvalue weighted by Crippen LogP contribution is -2.46. The van der Waals surface area contributed by atoms with Crippen molar-refractivity contribution in [1.82, 2.24) is 10.2 Å². The highest BCUT2D eigenvalue weighted by Gasteiger charge is 2.31. The molecule has 170 valence electrons. The van der Waals surface area contributed by atoms with Crippen LogP contribution in [0.3, 0.4) is 0 Å². The van der Waals surface area contributed by atoms with Crippen LogP contribution in [0.25, 0.3) is 0 Å². The molecule has 2 saturated heterocycles. The van der Waals surface area contributed by atoms with Gasteiger partial charge in [0.2, 0.25) is 5.91 Å². The molecule has 8 heteroatoms. The monoisotopic (exact) mass is 430 g/mol. The number of hydrogen-bond acceptors (Lipinski definition) is 5. The van der Waals surface area contributed by atoms with Crippen molar-refractivity contribution in [3.8, 4) is 0 Å². The van der Waals surface area contributed by atoms with Gasteiger partial charge in [-0.05, 0) is 51.0 Å². The Morgan fingerprint density at radius 2 is 1.71 bits per heavy atom. The SMILES string of the molecule is CC(C)C(C)NC(=O)C1CCN(C(=O)c2cc([N+](=O)[O-])ccc2N2CCCCC2)CC1. The van der Waals surface area contributed by atoms with Crippen molar-refractivity contribution >= 4 is 23.2 Å². The third-order valence-corrected chi connectivity index (χ3v) is 6.64. The molecular formula is C23H34N4O4. The van der Waals surface area contributed by atoms with Gasteiger partial charge >= 0.3 is 0 Å². The standard InChI is InChI=1S/C23H34N4O4/c1-16(2)17(3)24-22(28)18-9-13-26(14-10-18)23(29)20-15-19(27(30)31)7-8-21(20)25-11-5-4-6-12-25/h7-8,15-18H,4-6,9-14H2,1-3H3,(H,24,28). The maximum atomic E-state index is 13.4. The summed E-state index contributed by atoms with van der Waals surface area (Å²) in [6, 6.07) is 4.72. The topological polar surface area (TPSA) is 95.8 Å². The Kier molecular flexibility index (Phi) is 7.51. The van der Waals surface area contributed by atoms with Crippen molar-refractivity contribution in [3.63, 3.8) is 0 Å². The van der Waals surface area contributed by atoms with Crippen LogP contribution in [0.2, 0.25) is 0 Å². The van der Waals surface area contributed by atoms with Gasteiger partial charge in [0.15, 0.2) is 0 Å². The molecule has 0 bridgehead atoms. The van der Waals surface area contributed by atoms with E-state index in [9.17, 15) is 19.7 Å². The Hall–Kier alpha value is -2.64. The van der Waals surface area contributed by atoms with E-state index >= 15 is 0 Å². The zero-order valence-corrected chi connectivity index (χ0v) is 18.8. The van der Waals surface area contributed by atoms with Crippen molar-refractivity contribution in [2.45, 2.75) is 58.9 Å². The van der Waals surface area contributed by atoms with E-state index in [1.165, 1.54) is 12.1 Å². The van der Waals surface area contributed by atoms with E-state index in [1.54, 1.807) is 11.0 Å². The highest BCUT2D eigenvalue weighted by atomic mass is 16.6. The van der Waals surface area contributed by atoms with Gasteiger partial charge in [0, 0.05) is 50.3 Å². The van der Waals surface area contributed by atoms with Crippen molar-refractivity contribution in [3.05, 3.63) is 33.9 Å². The fourth-order valence-corrected chi connectivity index (χ4v) is 4.24. The normalized spacial score (nSPS) is 18.7. The number of piperidine rings is 2. The number of nitro benzene ring substituents is 1. The average molecular weight is 431 g/mol. The number of carbonyl (C=O) groups excluding carboxylic acids is 2. The molecule has 2 aliphatic rings. The Morgan fingerprint density at radius 3 is 2.29 bits per heavy atom. The molecule has 1 unspecified atom stereocenters. The molecule has 0 saturated carbocycles. The van der Waals surface area contributed by atoms with Crippen molar-refractivity contribution in [2.75, 3.05) is 31.1 Å². The fourth-order valence-electron chi connectivity index (χ4n) is 4.24. The number of anilines is 1.